The zero-order chi connectivity index (χ0) is 19.8. The number of nitrogens with one attached hydrogen (secondary N) is 1. The van der Waals surface area contributed by atoms with E-state index in [-0.39, 0.29) is 11.8 Å². The highest BCUT2D eigenvalue weighted by Crippen LogP contribution is 2.33. The summed E-state index contributed by atoms with van der Waals surface area (Å²) in [6.45, 7) is 7.38. The van der Waals surface area contributed by atoms with Crippen LogP contribution in [0.4, 0.5) is 11.5 Å². The zero-order valence-electron chi connectivity index (χ0n) is 16.3. The maximum Gasteiger partial charge on any atom is 0.231 e. The van der Waals surface area contributed by atoms with Gasteiger partial charge in [-0.05, 0) is 51.3 Å². The maximum absolute atomic E-state index is 12.9. The molecule has 1 saturated heterocycles. The van der Waals surface area contributed by atoms with E-state index >= 15 is 0 Å². The Morgan fingerprint density at radius 1 is 1.29 bits per heavy atom. The van der Waals surface area contributed by atoms with Gasteiger partial charge in [-0.15, -0.1) is 0 Å². The molecule has 2 aromatic heterocycles. The van der Waals surface area contributed by atoms with Crippen molar-refractivity contribution in [3.05, 3.63) is 46.4 Å². The molecule has 3 heterocycles. The first-order chi connectivity index (χ1) is 13.4. The fourth-order valence-corrected chi connectivity index (χ4v) is 3.92. The number of nitrogens with zero attached hydrogens (tertiary/aromatic N) is 3. The summed E-state index contributed by atoms with van der Waals surface area (Å²) in [5.41, 5.74) is 3.40. The van der Waals surface area contributed by atoms with Gasteiger partial charge in [-0.2, -0.15) is 0 Å². The first-order valence-corrected chi connectivity index (χ1v) is 9.84. The summed E-state index contributed by atoms with van der Waals surface area (Å²) >= 11 is 6.08. The van der Waals surface area contributed by atoms with Crippen LogP contribution in [0.15, 0.2) is 28.9 Å². The summed E-state index contributed by atoms with van der Waals surface area (Å²) < 4.78 is 5.74. The molecule has 6 nitrogen and oxygen atoms in total. The Morgan fingerprint density at radius 2 is 2.11 bits per heavy atom. The van der Waals surface area contributed by atoms with Crippen molar-refractivity contribution in [3.8, 4) is 0 Å². The van der Waals surface area contributed by atoms with Crippen LogP contribution in [-0.4, -0.2) is 29.0 Å². The van der Waals surface area contributed by atoms with E-state index in [0.717, 1.165) is 53.2 Å². The van der Waals surface area contributed by atoms with Crippen LogP contribution in [0.3, 0.4) is 0 Å². The number of carbonyl (C=O) groups excluding carboxylic acids is 1. The molecule has 146 valence electrons. The van der Waals surface area contributed by atoms with Crippen LogP contribution in [0, 0.1) is 26.7 Å². The molecular formula is C21H23ClN4O2. The average molecular weight is 399 g/mol. The molecule has 0 radical (unpaired) electrons. The van der Waals surface area contributed by atoms with Crippen LogP contribution in [0.2, 0.25) is 5.02 Å². The molecule has 1 atom stereocenters. The normalized spacial score (nSPS) is 17.1. The Hall–Kier alpha value is -2.60. The molecule has 4 rings (SSSR count). The fraction of sp³-hybridized carbons (Fsp3) is 0.381. The van der Waals surface area contributed by atoms with Gasteiger partial charge in [0.25, 0.3) is 0 Å². The number of fused-ring (bicyclic) bond motifs is 1. The highest BCUT2D eigenvalue weighted by molar-refractivity contribution is 6.31. The quantitative estimate of drug-likeness (QED) is 0.694. The molecule has 0 aliphatic carbocycles. The number of halogens is 1. The van der Waals surface area contributed by atoms with E-state index in [1.165, 1.54) is 6.33 Å². The summed E-state index contributed by atoms with van der Waals surface area (Å²) in [4.78, 5) is 23.8. The highest BCUT2D eigenvalue weighted by Gasteiger charge is 2.29. The number of anilines is 2. The van der Waals surface area contributed by atoms with E-state index in [1.807, 2.05) is 32.9 Å². The van der Waals surface area contributed by atoms with E-state index in [2.05, 4.69) is 20.2 Å². The monoisotopic (exact) mass is 398 g/mol. The number of furan rings is 1. The lowest BCUT2D eigenvalue weighted by molar-refractivity contribution is -0.120. The zero-order valence-corrected chi connectivity index (χ0v) is 17.0. The summed E-state index contributed by atoms with van der Waals surface area (Å²) in [6, 6.07) is 5.53. The van der Waals surface area contributed by atoms with Crippen molar-refractivity contribution in [1.29, 1.82) is 0 Å². The van der Waals surface area contributed by atoms with Crippen molar-refractivity contribution in [2.24, 2.45) is 5.92 Å². The predicted octanol–water partition coefficient (Wildman–Crippen LogP) is 4.66. The minimum absolute atomic E-state index is 0.0143. The number of hydrogen-bond donors (Lipinski definition) is 1. The van der Waals surface area contributed by atoms with Crippen LogP contribution in [0.5, 0.6) is 0 Å². The molecule has 0 saturated carbocycles. The second kappa shape index (κ2) is 7.43. The number of carbonyl (C=O) groups is 1. The van der Waals surface area contributed by atoms with Crippen LogP contribution < -0.4 is 10.2 Å². The van der Waals surface area contributed by atoms with Gasteiger partial charge in [-0.3, -0.25) is 4.79 Å². The lowest BCUT2D eigenvalue weighted by Crippen LogP contribution is -2.41. The van der Waals surface area contributed by atoms with Gasteiger partial charge in [-0.1, -0.05) is 17.7 Å². The predicted molar refractivity (Wildman–Crippen MR) is 111 cm³/mol. The summed E-state index contributed by atoms with van der Waals surface area (Å²) in [5.74, 6) is 1.58. The Balaban J connectivity index is 1.57. The van der Waals surface area contributed by atoms with Crippen LogP contribution in [-0.2, 0) is 4.79 Å². The molecule has 1 aromatic carbocycles. The smallest absolute Gasteiger partial charge is 0.231 e. The molecule has 0 unspecified atom stereocenters. The van der Waals surface area contributed by atoms with Crippen molar-refractivity contribution in [3.63, 3.8) is 0 Å². The van der Waals surface area contributed by atoms with Gasteiger partial charge in [-0.25, -0.2) is 9.97 Å². The number of amides is 1. The maximum atomic E-state index is 12.9. The van der Waals surface area contributed by atoms with E-state index < -0.39 is 0 Å². The van der Waals surface area contributed by atoms with Gasteiger partial charge in [0.2, 0.25) is 11.6 Å². The highest BCUT2D eigenvalue weighted by atomic mass is 35.5. The van der Waals surface area contributed by atoms with Gasteiger partial charge in [0, 0.05) is 29.4 Å². The van der Waals surface area contributed by atoms with Crippen LogP contribution in [0.25, 0.3) is 11.1 Å². The van der Waals surface area contributed by atoms with Crippen molar-refractivity contribution in [1.82, 2.24) is 9.97 Å². The van der Waals surface area contributed by atoms with Crippen LogP contribution >= 0.6 is 11.6 Å². The Morgan fingerprint density at radius 3 is 2.93 bits per heavy atom. The molecular weight excluding hydrogens is 376 g/mol. The third-order valence-electron chi connectivity index (χ3n) is 5.49. The molecule has 1 amide bonds. The molecule has 3 aromatic rings. The van der Waals surface area contributed by atoms with Gasteiger partial charge in [0.1, 0.15) is 17.9 Å². The number of hydrogen-bond acceptors (Lipinski definition) is 5. The van der Waals surface area contributed by atoms with Crippen LogP contribution in [0.1, 0.15) is 29.7 Å². The topological polar surface area (TPSA) is 71.3 Å². The fourth-order valence-electron chi connectivity index (χ4n) is 3.75. The summed E-state index contributed by atoms with van der Waals surface area (Å²) in [6.07, 6.45) is 3.30. The van der Waals surface area contributed by atoms with E-state index in [4.69, 9.17) is 16.0 Å². The number of piperidine rings is 1. The minimum atomic E-state index is -0.120. The second-order valence-electron chi connectivity index (χ2n) is 7.39. The van der Waals surface area contributed by atoms with Crippen molar-refractivity contribution in [2.45, 2.75) is 33.6 Å². The molecule has 0 spiro atoms. The first kappa shape index (κ1) is 18.7. The number of rotatable bonds is 3. The second-order valence-corrected chi connectivity index (χ2v) is 7.83. The number of aromatic nitrogens is 2. The van der Waals surface area contributed by atoms with Gasteiger partial charge < -0.3 is 14.6 Å². The van der Waals surface area contributed by atoms with Crippen molar-refractivity contribution < 1.29 is 9.21 Å². The van der Waals surface area contributed by atoms with Gasteiger partial charge >= 0.3 is 0 Å². The number of benzene rings is 1. The van der Waals surface area contributed by atoms with E-state index in [0.29, 0.717) is 17.3 Å². The number of aryl methyl sites for hydroxylation is 3. The first-order valence-electron chi connectivity index (χ1n) is 9.46. The van der Waals surface area contributed by atoms with Crippen molar-refractivity contribution >= 4 is 40.1 Å². The van der Waals surface area contributed by atoms with E-state index in [1.54, 1.807) is 6.07 Å². The Labute approximate surface area is 168 Å². The molecule has 7 heteroatoms. The largest absolute Gasteiger partial charge is 0.443 e. The van der Waals surface area contributed by atoms with Gasteiger partial charge in [0.15, 0.2) is 0 Å². The molecule has 0 bridgehead atoms. The van der Waals surface area contributed by atoms with E-state index in [9.17, 15) is 4.79 Å². The summed E-state index contributed by atoms with van der Waals surface area (Å²) in [5, 5.41) is 4.59. The molecule has 28 heavy (non-hydrogen) atoms. The standard InChI is InChI=1S/C21H23ClN4O2/c1-12-6-7-16(22)9-17(12)25-20(27)15-5-4-8-26(10-15)19-18-13(2)14(3)28-21(18)24-11-23-19/h6-7,9,11,15H,4-5,8,10H2,1-3H3,(H,25,27)/t15-/m1/s1. The molecule has 1 N–H and O–H groups in total. The lowest BCUT2D eigenvalue weighted by Gasteiger charge is -2.33. The Bertz CT molecular complexity index is 1050. The average Bonchev–Trinajstić information content (AvgIpc) is 2.99. The third-order valence-corrected chi connectivity index (χ3v) is 5.73. The third kappa shape index (κ3) is 3.44. The van der Waals surface area contributed by atoms with Gasteiger partial charge in [0.05, 0.1) is 11.3 Å². The minimum Gasteiger partial charge on any atom is -0.443 e. The summed E-state index contributed by atoms with van der Waals surface area (Å²) in [7, 11) is 0. The molecule has 1 aliphatic rings. The van der Waals surface area contributed by atoms with Crippen molar-refractivity contribution in [2.75, 3.05) is 23.3 Å². The lowest BCUT2D eigenvalue weighted by atomic mass is 9.96. The SMILES string of the molecule is Cc1ccc(Cl)cc1NC(=O)[C@@H]1CCCN(c2ncnc3oc(C)c(C)c23)C1. The molecule has 1 fully saturated rings. The molecule has 1 aliphatic heterocycles. The Kier molecular flexibility index (Phi) is 4.98.